The molecule has 0 heterocycles. The third kappa shape index (κ3) is 4.39. The lowest BCUT2D eigenvalue weighted by molar-refractivity contribution is -0.140. The van der Waals surface area contributed by atoms with Gasteiger partial charge in [0, 0.05) is 30.8 Å². The Morgan fingerprint density at radius 3 is 2.26 bits per heavy atom. The normalized spacial score (nSPS) is 10.1. The first-order valence-corrected chi connectivity index (χ1v) is 6.57. The number of Topliss-reactive ketones (excluding diaryl/α,β-unsaturated/α-hetero) is 1. The Balaban J connectivity index is 2.71. The summed E-state index contributed by atoms with van der Waals surface area (Å²) in [5, 5.41) is 0. The number of hydrogen-bond acceptors (Lipinski definition) is 4. The Morgan fingerprint density at radius 2 is 1.79 bits per heavy atom. The van der Waals surface area contributed by atoms with Gasteiger partial charge in [-0.05, 0) is 31.2 Å². The van der Waals surface area contributed by atoms with Gasteiger partial charge in [-0.25, -0.2) is 0 Å². The number of nitrogens with zero attached hydrogens (tertiary/aromatic N) is 1. The van der Waals surface area contributed by atoms with Crippen molar-refractivity contribution in [2.45, 2.75) is 26.7 Å². The van der Waals surface area contributed by atoms with E-state index in [1.54, 1.807) is 0 Å². The molecule has 4 nitrogen and oxygen atoms in total. The van der Waals surface area contributed by atoms with Crippen LogP contribution in [0.1, 0.15) is 37.0 Å². The summed E-state index contributed by atoms with van der Waals surface area (Å²) >= 11 is 0. The zero-order valence-electron chi connectivity index (χ0n) is 11.8. The molecular formula is C15H21NO3. The number of carbonyl (C=O) groups excluding carboxylic acids is 2. The predicted molar refractivity (Wildman–Crippen MR) is 75.6 cm³/mol. The summed E-state index contributed by atoms with van der Waals surface area (Å²) < 4.78 is 4.64. The van der Waals surface area contributed by atoms with Crippen LogP contribution in [0.5, 0.6) is 0 Å². The second kappa shape index (κ2) is 7.56. The van der Waals surface area contributed by atoms with Gasteiger partial charge in [0.2, 0.25) is 0 Å². The van der Waals surface area contributed by atoms with Crippen LogP contribution in [0.15, 0.2) is 24.3 Å². The minimum atomic E-state index is -0.212. The summed E-state index contributed by atoms with van der Waals surface area (Å²) in [4.78, 5) is 24.8. The number of hydrogen-bond donors (Lipinski definition) is 0. The van der Waals surface area contributed by atoms with Gasteiger partial charge in [-0.2, -0.15) is 0 Å². The van der Waals surface area contributed by atoms with Gasteiger partial charge in [0.25, 0.3) is 0 Å². The number of ether oxygens (including phenoxy) is 1. The molecule has 0 unspecified atom stereocenters. The van der Waals surface area contributed by atoms with Gasteiger partial charge in [0.15, 0.2) is 5.78 Å². The summed E-state index contributed by atoms with van der Waals surface area (Å²) in [6.07, 6.45) is 0.874. The molecule has 0 spiro atoms. The molecule has 104 valence electrons. The lowest BCUT2D eigenvalue weighted by Crippen LogP contribution is -2.26. The monoisotopic (exact) mass is 263 g/mol. The summed E-state index contributed by atoms with van der Waals surface area (Å²) in [5.41, 5.74) is 1.74. The fourth-order valence-electron chi connectivity index (χ4n) is 1.86. The minimum Gasteiger partial charge on any atom is -0.469 e. The van der Waals surface area contributed by atoms with Crippen LogP contribution in [-0.4, -0.2) is 32.0 Å². The Morgan fingerprint density at radius 1 is 1.16 bits per heavy atom. The van der Waals surface area contributed by atoms with Crippen LogP contribution in [0.3, 0.4) is 0 Å². The van der Waals surface area contributed by atoms with Crippen molar-refractivity contribution in [1.82, 2.24) is 0 Å². The van der Waals surface area contributed by atoms with Crippen molar-refractivity contribution in [3.8, 4) is 0 Å². The lowest BCUT2D eigenvalue weighted by atomic mass is 10.1. The van der Waals surface area contributed by atoms with Crippen molar-refractivity contribution in [3.05, 3.63) is 29.8 Å². The number of methoxy groups -OCH3 is 1. The molecule has 1 aromatic rings. The van der Waals surface area contributed by atoms with Gasteiger partial charge in [-0.1, -0.05) is 6.92 Å². The van der Waals surface area contributed by atoms with E-state index in [0.29, 0.717) is 19.4 Å². The highest BCUT2D eigenvalue weighted by molar-refractivity contribution is 5.96. The molecule has 0 saturated carbocycles. The third-order valence-corrected chi connectivity index (χ3v) is 3.07. The number of benzene rings is 1. The smallest absolute Gasteiger partial charge is 0.307 e. The van der Waals surface area contributed by atoms with Crippen LogP contribution in [0, 0.1) is 0 Å². The molecule has 0 fully saturated rings. The molecule has 0 aliphatic rings. The molecule has 0 bridgehead atoms. The van der Waals surface area contributed by atoms with Gasteiger partial charge in [0.1, 0.15) is 0 Å². The van der Waals surface area contributed by atoms with Crippen molar-refractivity contribution in [2.75, 3.05) is 25.1 Å². The van der Waals surface area contributed by atoms with E-state index in [-0.39, 0.29) is 11.8 Å². The third-order valence-electron chi connectivity index (χ3n) is 3.07. The van der Waals surface area contributed by atoms with Gasteiger partial charge in [0.05, 0.1) is 13.5 Å². The predicted octanol–water partition coefficient (Wildman–Crippen LogP) is 2.67. The Hall–Kier alpha value is -1.84. The van der Waals surface area contributed by atoms with Gasteiger partial charge in [-0.15, -0.1) is 0 Å². The van der Waals surface area contributed by atoms with E-state index in [2.05, 4.69) is 9.64 Å². The van der Waals surface area contributed by atoms with Crippen LogP contribution in [-0.2, 0) is 9.53 Å². The standard InChI is InChI=1S/C15H21NO3/c1-4-14(17)12-6-8-13(9-7-12)16(5-2)11-10-15(18)19-3/h6-9H,4-5,10-11H2,1-3H3. The maximum Gasteiger partial charge on any atom is 0.307 e. The molecule has 1 aromatic carbocycles. The number of ketones is 1. The zero-order valence-corrected chi connectivity index (χ0v) is 11.8. The first-order chi connectivity index (χ1) is 9.12. The molecule has 1 rings (SSSR count). The maximum absolute atomic E-state index is 11.5. The lowest BCUT2D eigenvalue weighted by Gasteiger charge is -2.22. The fraction of sp³-hybridized carbons (Fsp3) is 0.467. The quantitative estimate of drug-likeness (QED) is 0.560. The van der Waals surface area contributed by atoms with Crippen molar-refractivity contribution < 1.29 is 14.3 Å². The number of esters is 1. The molecule has 0 aliphatic carbocycles. The van der Waals surface area contributed by atoms with E-state index in [0.717, 1.165) is 17.8 Å². The highest BCUT2D eigenvalue weighted by Crippen LogP contribution is 2.16. The summed E-state index contributed by atoms with van der Waals surface area (Å²) in [6.45, 7) is 5.30. The van der Waals surface area contributed by atoms with Gasteiger partial charge < -0.3 is 9.64 Å². The maximum atomic E-state index is 11.5. The number of anilines is 1. The number of carbonyl (C=O) groups is 2. The second-order valence-corrected chi connectivity index (χ2v) is 4.23. The first-order valence-electron chi connectivity index (χ1n) is 6.57. The van der Waals surface area contributed by atoms with Crippen LogP contribution in [0.4, 0.5) is 5.69 Å². The minimum absolute atomic E-state index is 0.143. The van der Waals surface area contributed by atoms with E-state index in [1.807, 2.05) is 38.1 Å². The molecule has 0 saturated heterocycles. The Labute approximate surface area is 114 Å². The van der Waals surface area contributed by atoms with Crippen molar-refractivity contribution >= 4 is 17.4 Å². The average molecular weight is 263 g/mol. The summed E-state index contributed by atoms with van der Waals surface area (Å²) in [5.74, 6) is -0.0691. The van der Waals surface area contributed by atoms with Crippen LogP contribution >= 0.6 is 0 Å². The highest BCUT2D eigenvalue weighted by atomic mass is 16.5. The van der Waals surface area contributed by atoms with E-state index >= 15 is 0 Å². The van der Waals surface area contributed by atoms with E-state index in [1.165, 1.54) is 7.11 Å². The van der Waals surface area contributed by atoms with Gasteiger partial charge >= 0.3 is 5.97 Å². The summed E-state index contributed by atoms with van der Waals surface area (Å²) in [6, 6.07) is 7.51. The topological polar surface area (TPSA) is 46.6 Å². The first kappa shape index (κ1) is 15.2. The molecule has 0 atom stereocenters. The van der Waals surface area contributed by atoms with E-state index in [4.69, 9.17) is 0 Å². The molecule has 4 heteroatoms. The molecule has 0 radical (unpaired) electrons. The molecule has 19 heavy (non-hydrogen) atoms. The fourth-order valence-corrected chi connectivity index (χ4v) is 1.86. The average Bonchev–Trinajstić information content (AvgIpc) is 2.47. The molecule has 0 N–H and O–H groups in total. The largest absolute Gasteiger partial charge is 0.469 e. The molecular weight excluding hydrogens is 242 g/mol. The van der Waals surface area contributed by atoms with E-state index < -0.39 is 0 Å². The van der Waals surface area contributed by atoms with E-state index in [9.17, 15) is 9.59 Å². The van der Waals surface area contributed by atoms with Crippen LogP contribution in [0.25, 0.3) is 0 Å². The highest BCUT2D eigenvalue weighted by Gasteiger charge is 2.09. The van der Waals surface area contributed by atoms with Crippen molar-refractivity contribution in [1.29, 1.82) is 0 Å². The molecule has 0 aromatic heterocycles. The SMILES string of the molecule is CCC(=O)c1ccc(N(CC)CCC(=O)OC)cc1. The zero-order chi connectivity index (χ0) is 14.3. The van der Waals surface area contributed by atoms with Crippen LogP contribution in [0.2, 0.25) is 0 Å². The van der Waals surface area contributed by atoms with Crippen molar-refractivity contribution in [3.63, 3.8) is 0 Å². The molecule has 0 aliphatic heterocycles. The van der Waals surface area contributed by atoms with Crippen molar-refractivity contribution in [2.24, 2.45) is 0 Å². The van der Waals surface area contributed by atoms with Gasteiger partial charge in [-0.3, -0.25) is 9.59 Å². The second-order valence-electron chi connectivity index (χ2n) is 4.23. The Bertz CT molecular complexity index is 426. The molecule has 0 amide bonds. The number of rotatable bonds is 7. The summed E-state index contributed by atoms with van der Waals surface area (Å²) in [7, 11) is 1.39. The van der Waals surface area contributed by atoms with Crippen LogP contribution < -0.4 is 4.90 Å². The Kier molecular flexibility index (Phi) is 6.06.